The molecule has 2 aromatic carbocycles. The standard InChI is InChI=1S/C17H11BrClF3N4O2S/c18-9-2-4-13(27)10(6-9)15-24-16(26-25-15)29-7-14(28)23-12-5-8(17(20,21)22)1-3-11(12)19/h1-6,27H,7H2,(H,23,28)(H,24,25,26). The number of hydrogen-bond acceptors (Lipinski definition) is 5. The van der Waals surface area contributed by atoms with Gasteiger partial charge >= 0.3 is 6.18 Å². The molecule has 0 aliphatic heterocycles. The molecular weight excluding hydrogens is 497 g/mol. The fourth-order valence-electron chi connectivity index (χ4n) is 2.24. The van der Waals surface area contributed by atoms with Gasteiger partial charge < -0.3 is 10.4 Å². The molecule has 0 radical (unpaired) electrons. The molecule has 0 bridgehead atoms. The summed E-state index contributed by atoms with van der Waals surface area (Å²) < 4.78 is 39.1. The van der Waals surface area contributed by atoms with E-state index in [9.17, 15) is 23.1 Å². The van der Waals surface area contributed by atoms with E-state index in [1.165, 1.54) is 6.07 Å². The quantitative estimate of drug-likeness (QED) is 0.406. The summed E-state index contributed by atoms with van der Waals surface area (Å²) in [6, 6.07) is 7.46. The van der Waals surface area contributed by atoms with Gasteiger partial charge in [0.2, 0.25) is 11.1 Å². The molecule has 0 aliphatic carbocycles. The normalized spacial score (nSPS) is 11.5. The van der Waals surface area contributed by atoms with Gasteiger partial charge in [0.1, 0.15) is 5.75 Å². The van der Waals surface area contributed by atoms with E-state index < -0.39 is 17.6 Å². The molecule has 0 unspecified atom stereocenters. The first-order chi connectivity index (χ1) is 13.6. The monoisotopic (exact) mass is 506 g/mol. The van der Waals surface area contributed by atoms with Crippen LogP contribution in [0, 0.1) is 0 Å². The molecule has 3 rings (SSSR count). The number of benzene rings is 2. The van der Waals surface area contributed by atoms with E-state index >= 15 is 0 Å². The SMILES string of the molecule is O=C(CSc1n[nH]c(-c2cc(Br)ccc2O)n1)Nc1cc(C(F)(F)F)ccc1Cl. The van der Waals surface area contributed by atoms with Crippen LogP contribution >= 0.6 is 39.3 Å². The van der Waals surface area contributed by atoms with Crippen molar-refractivity contribution in [3.63, 3.8) is 0 Å². The Labute approximate surface area is 180 Å². The maximum Gasteiger partial charge on any atom is 0.416 e. The van der Waals surface area contributed by atoms with Crippen LogP contribution in [0.3, 0.4) is 0 Å². The van der Waals surface area contributed by atoms with E-state index in [0.717, 1.165) is 34.4 Å². The molecule has 1 heterocycles. The number of thioether (sulfide) groups is 1. The molecule has 1 amide bonds. The second kappa shape index (κ2) is 8.64. The maximum atomic E-state index is 12.8. The molecule has 0 saturated heterocycles. The van der Waals surface area contributed by atoms with Crippen molar-refractivity contribution in [3.8, 4) is 17.1 Å². The second-order valence-electron chi connectivity index (χ2n) is 5.66. The number of anilines is 1. The molecule has 12 heteroatoms. The van der Waals surface area contributed by atoms with Crippen LogP contribution in [0.25, 0.3) is 11.4 Å². The number of aromatic nitrogens is 3. The van der Waals surface area contributed by atoms with Crippen LogP contribution in [0.5, 0.6) is 5.75 Å². The highest BCUT2D eigenvalue weighted by molar-refractivity contribution is 9.10. The predicted octanol–water partition coefficient (Wildman–Crippen LogP) is 5.34. The van der Waals surface area contributed by atoms with Gasteiger partial charge in [-0.1, -0.05) is 39.3 Å². The largest absolute Gasteiger partial charge is 0.507 e. The summed E-state index contributed by atoms with van der Waals surface area (Å²) in [5.41, 5.74) is -0.641. The van der Waals surface area contributed by atoms with Crippen molar-refractivity contribution in [2.75, 3.05) is 11.1 Å². The summed E-state index contributed by atoms with van der Waals surface area (Å²) in [6.45, 7) is 0. The van der Waals surface area contributed by atoms with E-state index in [2.05, 4.69) is 36.4 Å². The molecule has 0 atom stereocenters. The van der Waals surface area contributed by atoms with Crippen LogP contribution in [0.2, 0.25) is 5.02 Å². The fraction of sp³-hybridized carbons (Fsp3) is 0.118. The van der Waals surface area contributed by atoms with E-state index in [1.807, 2.05) is 0 Å². The van der Waals surface area contributed by atoms with Crippen LogP contribution in [0.4, 0.5) is 18.9 Å². The molecule has 29 heavy (non-hydrogen) atoms. The summed E-state index contributed by atoms with van der Waals surface area (Å²) >= 11 is 10.1. The Morgan fingerprint density at radius 2 is 2.03 bits per heavy atom. The van der Waals surface area contributed by atoms with Gasteiger partial charge in [-0.25, -0.2) is 4.98 Å². The van der Waals surface area contributed by atoms with Gasteiger partial charge in [0.05, 0.1) is 27.6 Å². The molecule has 3 aromatic rings. The van der Waals surface area contributed by atoms with Crippen LogP contribution < -0.4 is 5.32 Å². The van der Waals surface area contributed by atoms with E-state index in [0.29, 0.717) is 11.4 Å². The molecule has 1 aromatic heterocycles. The van der Waals surface area contributed by atoms with Crippen molar-refractivity contribution in [3.05, 3.63) is 51.5 Å². The van der Waals surface area contributed by atoms with E-state index in [1.54, 1.807) is 12.1 Å². The lowest BCUT2D eigenvalue weighted by molar-refractivity contribution is -0.137. The van der Waals surface area contributed by atoms with Gasteiger partial charge in [-0.15, -0.1) is 5.10 Å². The number of phenolic OH excluding ortho intramolecular Hbond substituents is 1. The molecule has 0 saturated carbocycles. The maximum absolute atomic E-state index is 12.8. The Morgan fingerprint density at radius 1 is 1.28 bits per heavy atom. The Hall–Kier alpha value is -2.24. The van der Waals surface area contributed by atoms with Crippen LogP contribution in [-0.2, 0) is 11.0 Å². The molecular formula is C17H11BrClF3N4O2S. The van der Waals surface area contributed by atoms with Gasteiger partial charge in [0.25, 0.3) is 0 Å². The molecule has 0 aliphatic rings. The lowest BCUT2D eigenvalue weighted by atomic mass is 10.2. The predicted molar refractivity (Wildman–Crippen MR) is 107 cm³/mol. The van der Waals surface area contributed by atoms with Crippen LogP contribution in [-0.4, -0.2) is 31.9 Å². The number of hydrogen-bond donors (Lipinski definition) is 3. The Bertz CT molecular complexity index is 1060. The first-order valence-electron chi connectivity index (χ1n) is 7.84. The molecule has 6 nitrogen and oxygen atoms in total. The number of amides is 1. The number of aromatic hydroxyl groups is 1. The highest BCUT2D eigenvalue weighted by Gasteiger charge is 2.31. The van der Waals surface area contributed by atoms with Crippen molar-refractivity contribution in [1.29, 1.82) is 0 Å². The number of phenols is 1. The van der Waals surface area contributed by atoms with Crippen LogP contribution in [0.15, 0.2) is 46.0 Å². The van der Waals surface area contributed by atoms with Gasteiger partial charge in [0.15, 0.2) is 5.82 Å². The lowest BCUT2D eigenvalue weighted by Gasteiger charge is -2.11. The Balaban J connectivity index is 1.65. The topological polar surface area (TPSA) is 90.9 Å². The van der Waals surface area contributed by atoms with E-state index in [-0.39, 0.29) is 27.4 Å². The summed E-state index contributed by atoms with van der Waals surface area (Å²) in [5, 5.41) is 19.1. The minimum absolute atomic E-state index is 0.00201. The summed E-state index contributed by atoms with van der Waals surface area (Å²) in [4.78, 5) is 16.3. The lowest BCUT2D eigenvalue weighted by Crippen LogP contribution is -2.15. The summed E-state index contributed by atoms with van der Waals surface area (Å²) in [6.07, 6.45) is -4.55. The highest BCUT2D eigenvalue weighted by Crippen LogP contribution is 2.34. The number of H-pyrrole nitrogens is 1. The van der Waals surface area contributed by atoms with Crippen molar-refractivity contribution >= 4 is 50.9 Å². The highest BCUT2D eigenvalue weighted by atomic mass is 79.9. The number of carbonyl (C=O) groups excluding carboxylic acids is 1. The first-order valence-corrected chi connectivity index (χ1v) is 10.00. The van der Waals surface area contributed by atoms with Crippen LogP contribution in [0.1, 0.15) is 5.56 Å². The Kier molecular flexibility index (Phi) is 6.39. The molecule has 0 fully saturated rings. The van der Waals surface area contributed by atoms with E-state index in [4.69, 9.17) is 11.6 Å². The third-order valence-corrected chi connectivity index (χ3v) is 5.25. The number of aromatic amines is 1. The zero-order valence-corrected chi connectivity index (χ0v) is 17.4. The van der Waals surface area contributed by atoms with Gasteiger partial charge in [-0.2, -0.15) is 13.2 Å². The number of halogens is 5. The van der Waals surface area contributed by atoms with Gasteiger partial charge in [-0.3, -0.25) is 9.89 Å². The molecule has 0 spiro atoms. The number of nitrogens with zero attached hydrogens (tertiary/aromatic N) is 2. The van der Waals surface area contributed by atoms with Gasteiger partial charge in [0, 0.05) is 4.47 Å². The van der Waals surface area contributed by atoms with Crippen molar-refractivity contribution in [2.45, 2.75) is 11.3 Å². The second-order valence-corrected chi connectivity index (χ2v) is 7.92. The average Bonchev–Trinajstić information content (AvgIpc) is 3.12. The molecule has 152 valence electrons. The number of rotatable bonds is 5. The van der Waals surface area contributed by atoms with Gasteiger partial charge in [-0.05, 0) is 36.4 Å². The third-order valence-electron chi connectivity index (χ3n) is 3.58. The number of alkyl halides is 3. The fourth-order valence-corrected chi connectivity index (χ4v) is 3.37. The third kappa shape index (κ3) is 5.43. The minimum Gasteiger partial charge on any atom is -0.507 e. The first kappa shape index (κ1) is 21.5. The number of carbonyl (C=O) groups is 1. The zero-order chi connectivity index (χ0) is 21.2. The van der Waals surface area contributed by atoms with Crippen molar-refractivity contribution < 1.29 is 23.1 Å². The zero-order valence-electron chi connectivity index (χ0n) is 14.2. The summed E-state index contributed by atoms with van der Waals surface area (Å²) in [5.74, 6) is -0.438. The van der Waals surface area contributed by atoms with Crippen molar-refractivity contribution in [1.82, 2.24) is 15.2 Å². The summed E-state index contributed by atoms with van der Waals surface area (Å²) in [7, 11) is 0. The Morgan fingerprint density at radius 3 is 2.76 bits per heavy atom. The minimum atomic E-state index is -4.55. The number of nitrogens with one attached hydrogen (secondary N) is 2. The average molecular weight is 508 g/mol. The molecule has 3 N–H and O–H groups in total. The smallest absolute Gasteiger partial charge is 0.416 e. The van der Waals surface area contributed by atoms with Crippen molar-refractivity contribution in [2.24, 2.45) is 0 Å².